The van der Waals surface area contributed by atoms with Gasteiger partial charge in [0.25, 0.3) is 0 Å². The Morgan fingerprint density at radius 2 is 1.70 bits per heavy atom. The largest absolute Gasteiger partial charge is 0.365 e. The number of hydrogen-bond donors (Lipinski definition) is 2. The highest BCUT2D eigenvalue weighted by molar-refractivity contribution is 5.65. The molecule has 0 radical (unpaired) electrons. The lowest BCUT2D eigenvalue weighted by Crippen LogP contribution is -2.29. The molecule has 1 atom stereocenters. The molecule has 7 nitrogen and oxygen atoms in total. The van der Waals surface area contributed by atoms with E-state index < -0.39 is 0 Å². The Morgan fingerprint density at radius 3 is 2.37 bits per heavy atom. The monoisotopic (exact) mass is 362 g/mol. The molecule has 0 bridgehead atoms. The van der Waals surface area contributed by atoms with Crippen molar-refractivity contribution in [3.05, 3.63) is 65.8 Å². The van der Waals surface area contributed by atoms with Crippen LogP contribution in [0.1, 0.15) is 13.8 Å². The first-order valence-electron chi connectivity index (χ1n) is 8.83. The van der Waals surface area contributed by atoms with E-state index in [1.807, 2.05) is 62.4 Å². The lowest BCUT2D eigenvalue weighted by atomic mass is 10.0. The highest BCUT2D eigenvalue weighted by Crippen LogP contribution is 2.23. The summed E-state index contributed by atoms with van der Waals surface area (Å²) >= 11 is 0. The van der Waals surface area contributed by atoms with Crippen molar-refractivity contribution < 1.29 is 0 Å². The maximum absolute atomic E-state index is 10.8. The predicted octanol–water partition coefficient (Wildman–Crippen LogP) is 4.49. The third-order valence-electron chi connectivity index (χ3n) is 4.12. The molecule has 7 heteroatoms. The highest BCUT2D eigenvalue weighted by Gasteiger charge is 2.16. The molecule has 0 fully saturated rings. The summed E-state index contributed by atoms with van der Waals surface area (Å²) in [7, 11) is 0. The third-order valence-corrected chi connectivity index (χ3v) is 4.12. The number of benzene rings is 1. The second-order valence-corrected chi connectivity index (χ2v) is 6.50. The Bertz CT molecular complexity index is 870. The zero-order valence-corrected chi connectivity index (χ0v) is 15.3. The lowest BCUT2D eigenvalue weighted by molar-refractivity contribution is 0.529. The van der Waals surface area contributed by atoms with Gasteiger partial charge in [0, 0.05) is 29.7 Å². The fraction of sp³-hybridized carbons (Fsp3) is 0.250. The number of nitrogens with one attached hydrogen (secondary N) is 2. The van der Waals surface area contributed by atoms with Gasteiger partial charge < -0.3 is 10.6 Å². The van der Waals surface area contributed by atoms with Crippen LogP contribution in [0, 0.1) is 10.8 Å². The molecule has 2 aromatic heterocycles. The van der Waals surface area contributed by atoms with Crippen LogP contribution in [0.15, 0.2) is 66.1 Å². The van der Waals surface area contributed by atoms with Crippen molar-refractivity contribution in [2.24, 2.45) is 11.1 Å². The Labute approximate surface area is 158 Å². The van der Waals surface area contributed by atoms with Gasteiger partial charge in [-0.15, -0.1) is 0 Å². The fourth-order valence-electron chi connectivity index (χ4n) is 2.58. The molecule has 0 spiro atoms. The van der Waals surface area contributed by atoms with Crippen molar-refractivity contribution in [2.75, 3.05) is 17.2 Å². The summed E-state index contributed by atoms with van der Waals surface area (Å²) in [5.41, 5.74) is 1.79. The van der Waals surface area contributed by atoms with E-state index in [9.17, 15) is 4.91 Å². The standard InChI is InChI=1S/C20H22N6O/c1-14(2)17(13-22-27)24-19-12-18(23-16-8-10-21-11-9-16)25-20(26-19)15-6-4-3-5-7-15/h3-12,14,17H,13H2,1-2H3,(H2,21,23,24,25,26). The molecule has 0 amide bonds. The molecule has 138 valence electrons. The minimum absolute atomic E-state index is 0.102. The third kappa shape index (κ3) is 5.07. The summed E-state index contributed by atoms with van der Waals surface area (Å²) < 4.78 is 0. The summed E-state index contributed by atoms with van der Waals surface area (Å²) in [5, 5.41) is 9.64. The smallest absolute Gasteiger partial charge is 0.163 e. The molecule has 27 heavy (non-hydrogen) atoms. The van der Waals surface area contributed by atoms with Crippen LogP contribution in [0.4, 0.5) is 17.3 Å². The maximum atomic E-state index is 10.8. The SMILES string of the molecule is CC(C)C(CN=O)Nc1cc(Nc2ccncc2)nc(-c2ccccc2)n1. The molecule has 2 N–H and O–H groups in total. The van der Waals surface area contributed by atoms with E-state index in [0.29, 0.717) is 17.5 Å². The first-order valence-corrected chi connectivity index (χ1v) is 8.83. The van der Waals surface area contributed by atoms with E-state index in [2.05, 4.69) is 30.8 Å². The average molecular weight is 362 g/mol. The summed E-state index contributed by atoms with van der Waals surface area (Å²) in [5.74, 6) is 2.12. The van der Waals surface area contributed by atoms with E-state index in [0.717, 1.165) is 11.3 Å². The van der Waals surface area contributed by atoms with Gasteiger partial charge in [0.1, 0.15) is 18.2 Å². The molecular weight excluding hydrogens is 340 g/mol. The van der Waals surface area contributed by atoms with Gasteiger partial charge in [-0.2, -0.15) is 4.91 Å². The Kier molecular flexibility index (Phi) is 6.04. The van der Waals surface area contributed by atoms with Crippen LogP contribution in [-0.2, 0) is 0 Å². The molecule has 0 aliphatic rings. The highest BCUT2D eigenvalue weighted by atomic mass is 16.3. The van der Waals surface area contributed by atoms with Gasteiger partial charge >= 0.3 is 0 Å². The van der Waals surface area contributed by atoms with Crippen LogP contribution in [0.3, 0.4) is 0 Å². The molecule has 0 aliphatic carbocycles. The van der Waals surface area contributed by atoms with E-state index in [4.69, 9.17) is 0 Å². The van der Waals surface area contributed by atoms with Crippen molar-refractivity contribution in [1.29, 1.82) is 0 Å². The number of pyridine rings is 1. The Balaban J connectivity index is 1.96. The van der Waals surface area contributed by atoms with Gasteiger partial charge in [0.15, 0.2) is 5.82 Å². The zero-order valence-electron chi connectivity index (χ0n) is 15.3. The van der Waals surface area contributed by atoms with Crippen LogP contribution in [0.25, 0.3) is 11.4 Å². The number of nitroso groups, excluding NO2 is 1. The normalized spacial score (nSPS) is 11.8. The summed E-state index contributed by atoms with van der Waals surface area (Å²) in [6.45, 7) is 4.26. The van der Waals surface area contributed by atoms with Crippen molar-refractivity contribution in [2.45, 2.75) is 19.9 Å². The van der Waals surface area contributed by atoms with Gasteiger partial charge in [-0.1, -0.05) is 49.4 Å². The molecule has 1 aromatic carbocycles. The molecule has 0 aliphatic heterocycles. The Morgan fingerprint density at radius 1 is 1.00 bits per heavy atom. The summed E-state index contributed by atoms with van der Waals surface area (Å²) in [6, 6.07) is 15.2. The van der Waals surface area contributed by atoms with Crippen molar-refractivity contribution >= 4 is 17.3 Å². The minimum atomic E-state index is -0.102. The molecule has 0 saturated heterocycles. The number of rotatable bonds is 8. The van der Waals surface area contributed by atoms with Gasteiger partial charge in [-0.3, -0.25) is 4.98 Å². The first-order chi connectivity index (χ1) is 13.2. The van der Waals surface area contributed by atoms with Gasteiger partial charge in [0.2, 0.25) is 0 Å². The van der Waals surface area contributed by atoms with Crippen LogP contribution in [-0.4, -0.2) is 27.5 Å². The maximum Gasteiger partial charge on any atom is 0.163 e. The fourth-order valence-corrected chi connectivity index (χ4v) is 2.58. The minimum Gasteiger partial charge on any atom is -0.365 e. The average Bonchev–Trinajstić information content (AvgIpc) is 2.69. The number of anilines is 3. The van der Waals surface area contributed by atoms with Crippen LogP contribution in [0.5, 0.6) is 0 Å². The number of aromatic nitrogens is 3. The van der Waals surface area contributed by atoms with Gasteiger partial charge in [0.05, 0.1) is 6.04 Å². The van der Waals surface area contributed by atoms with Crippen LogP contribution >= 0.6 is 0 Å². The zero-order chi connectivity index (χ0) is 19.1. The molecule has 2 heterocycles. The quantitative estimate of drug-likeness (QED) is 0.574. The molecule has 3 rings (SSSR count). The molecule has 0 saturated carbocycles. The summed E-state index contributed by atoms with van der Waals surface area (Å²) in [6.07, 6.45) is 3.43. The second-order valence-electron chi connectivity index (χ2n) is 6.50. The second kappa shape index (κ2) is 8.84. The number of hydrogen-bond acceptors (Lipinski definition) is 7. The van der Waals surface area contributed by atoms with E-state index in [-0.39, 0.29) is 18.5 Å². The first kappa shape index (κ1) is 18.4. The molecular formula is C20H22N6O. The van der Waals surface area contributed by atoms with E-state index in [1.54, 1.807) is 12.4 Å². The molecule has 3 aromatic rings. The van der Waals surface area contributed by atoms with Crippen LogP contribution < -0.4 is 10.6 Å². The van der Waals surface area contributed by atoms with Crippen molar-refractivity contribution in [3.8, 4) is 11.4 Å². The predicted molar refractivity (Wildman–Crippen MR) is 108 cm³/mol. The lowest BCUT2D eigenvalue weighted by Gasteiger charge is -2.21. The van der Waals surface area contributed by atoms with Crippen molar-refractivity contribution in [1.82, 2.24) is 15.0 Å². The van der Waals surface area contributed by atoms with E-state index in [1.165, 1.54) is 0 Å². The summed E-state index contributed by atoms with van der Waals surface area (Å²) in [4.78, 5) is 24.1. The molecule has 1 unspecified atom stereocenters. The van der Waals surface area contributed by atoms with Crippen molar-refractivity contribution in [3.63, 3.8) is 0 Å². The van der Waals surface area contributed by atoms with Crippen LogP contribution in [0.2, 0.25) is 0 Å². The van der Waals surface area contributed by atoms with E-state index >= 15 is 0 Å². The van der Waals surface area contributed by atoms with Gasteiger partial charge in [-0.25, -0.2) is 9.97 Å². The number of nitrogens with zero attached hydrogens (tertiary/aromatic N) is 4. The topological polar surface area (TPSA) is 92.2 Å². The van der Waals surface area contributed by atoms with Gasteiger partial charge in [-0.05, 0) is 18.1 Å². The Hall–Kier alpha value is -3.35.